The summed E-state index contributed by atoms with van der Waals surface area (Å²) in [6.07, 6.45) is 4.51. The van der Waals surface area contributed by atoms with Crippen LogP contribution in [0.3, 0.4) is 0 Å². The van der Waals surface area contributed by atoms with Crippen LogP contribution in [0.25, 0.3) is 21.5 Å². The van der Waals surface area contributed by atoms with Gasteiger partial charge in [0.25, 0.3) is 0 Å². The third-order valence-electron chi connectivity index (χ3n) is 4.57. The van der Waals surface area contributed by atoms with Crippen LogP contribution in [0, 0.1) is 12.7 Å². The predicted molar refractivity (Wildman–Crippen MR) is 106 cm³/mol. The molecule has 1 saturated carbocycles. The molecule has 1 aliphatic carbocycles. The molecule has 0 atom stereocenters. The van der Waals surface area contributed by atoms with Crippen molar-refractivity contribution < 1.29 is 9.18 Å². The van der Waals surface area contributed by atoms with Crippen LogP contribution in [0.15, 0.2) is 29.3 Å². The molecule has 27 heavy (non-hydrogen) atoms. The molecule has 1 N–H and O–H groups in total. The van der Waals surface area contributed by atoms with Gasteiger partial charge in [0.05, 0.1) is 15.5 Å². The van der Waals surface area contributed by atoms with Crippen molar-refractivity contribution in [2.45, 2.75) is 43.7 Å². The lowest BCUT2D eigenvalue weighted by Crippen LogP contribution is -2.33. The zero-order valence-corrected chi connectivity index (χ0v) is 16.5. The number of hydrogen-bond donors (Lipinski definition) is 1. The Morgan fingerprint density at radius 1 is 1.26 bits per heavy atom. The van der Waals surface area contributed by atoms with E-state index in [0.717, 1.165) is 33.6 Å². The van der Waals surface area contributed by atoms with E-state index < -0.39 is 0 Å². The maximum atomic E-state index is 13.2. The number of benzene rings is 1. The fourth-order valence-corrected chi connectivity index (χ4v) is 5.01. The van der Waals surface area contributed by atoms with Crippen molar-refractivity contribution in [3.63, 3.8) is 0 Å². The number of carbonyl (C=O) groups is 1. The molecule has 1 amide bonds. The molecular weight excluding hydrogens is 383 g/mol. The van der Waals surface area contributed by atoms with Crippen LogP contribution in [0.5, 0.6) is 0 Å². The van der Waals surface area contributed by atoms with Crippen molar-refractivity contribution in [1.29, 1.82) is 0 Å². The van der Waals surface area contributed by atoms with Gasteiger partial charge in [-0.25, -0.2) is 9.37 Å². The second-order valence-corrected chi connectivity index (χ2v) is 8.78. The third kappa shape index (κ3) is 4.11. The molecule has 0 unspecified atom stereocenters. The van der Waals surface area contributed by atoms with Crippen molar-refractivity contribution in [2.24, 2.45) is 0 Å². The SMILES string of the molecule is Cc1nc2c(SCC(=O)NC3CCCC3)nnc(-c3ccc(F)cc3)c2s1. The summed E-state index contributed by atoms with van der Waals surface area (Å²) in [5.74, 6) is 0.0348. The second kappa shape index (κ2) is 7.90. The van der Waals surface area contributed by atoms with Gasteiger partial charge in [-0.2, -0.15) is 0 Å². The topological polar surface area (TPSA) is 67.8 Å². The molecule has 4 rings (SSSR count). The zero-order chi connectivity index (χ0) is 18.8. The van der Waals surface area contributed by atoms with E-state index in [-0.39, 0.29) is 11.7 Å². The predicted octanol–water partition coefficient (Wildman–Crippen LogP) is 4.35. The minimum Gasteiger partial charge on any atom is -0.353 e. The van der Waals surface area contributed by atoms with Crippen molar-refractivity contribution in [2.75, 3.05) is 5.75 Å². The number of amides is 1. The molecular formula is C19H19FN4OS2. The van der Waals surface area contributed by atoms with E-state index >= 15 is 0 Å². The van der Waals surface area contributed by atoms with Crippen LogP contribution in [0.1, 0.15) is 30.7 Å². The summed E-state index contributed by atoms with van der Waals surface area (Å²) in [5.41, 5.74) is 2.24. The number of aromatic nitrogens is 3. The van der Waals surface area contributed by atoms with Crippen molar-refractivity contribution in [3.05, 3.63) is 35.1 Å². The minimum atomic E-state index is -0.288. The van der Waals surface area contributed by atoms with Crippen molar-refractivity contribution >= 4 is 39.2 Å². The fourth-order valence-electron chi connectivity index (χ4n) is 3.29. The van der Waals surface area contributed by atoms with Crippen LogP contribution < -0.4 is 5.32 Å². The van der Waals surface area contributed by atoms with Gasteiger partial charge in [0, 0.05) is 11.6 Å². The highest BCUT2D eigenvalue weighted by atomic mass is 32.2. The summed E-state index contributed by atoms with van der Waals surface area (Å²) < 4.78 is 14.1. The quantitative estimate of drug-likeness (QED) is 0.643. The first-order valence-electron chi connectivity index (χ1n) is 8.92. The Balaban J connectivity index is 1.56. The second-order valence-electron chi connectivity index (χ2n) is 6.61. The number of aryl methyl sites for hydroxylation is 1. The summed E-state index contributed by atoms with van der Waals surface area (Å²) in [6.45, 7) is 1.93. The number of halogens is 1. The van der Waals surface area contributed by atoms with Gasteiger partial charge in [-0.1, -0.05) is 24.6 Å². The van der Waals surface area contributed by atoms with Gasteiger partial charge in [-0.3, -0.25) is 4.79 Å². The molecule has 1 aromatic carbocycles. The first-order chi connectivity index (χ1) is 13.1. The van der Waals surface area contributed by atoms with E-state index in [0.29, 0.717) is 22.5 Å². The minimum absolute atomic E-state index is 0.0245. The molecule has 0 bridgehead atoms. The maximum Gasteiger partial charge on any atom is 0.230 e. The number of hydrogen-bond acceptors (Lipinski definition) is 6. The Bertz CT molecular complexity index is 968. The summed E-state index contributed by atoms with van der Waals surface area (Å²) >= 11 is 2.89. The molecule has 0 spiro atoms. The largest absolute Gasteiger partial charge is 0.353 e. The Morgan fingerprint density at radius 2 is 2.00 bits per heavy atom. The van der Waals surface area contributed by atoms with Gasteiger partial charge in [-0.15, -0.1) is 21.5 Å². The van der Waals surface area contributed by atoms with Crippen LogP contribution in [-0.4, -0.2) is 32.9 Å². The molecule has 140 valence electrons. The molecule has 1 aliphatic rings. The monoisotopic (exact) mass is 402 g/mol. The fraction of sp³-hybridized carbons (Fsp3) is 0.368. The van der Waals surface area contributed by atoms with Gasteiger partial charge < -0.3 is 5.32 Å². The smallest absolute Gasteiger partial charge is 0.230 e. The lowest BCUT2D eigenvalue weighted by molar-refractivity contribution is -0.119. The molecule has 1 fully saturated rings. The number of thioether (sulfide) groups is 1. The van der Waals surface area contributed by atoms with Crippen molar-refractivity contribution in [3.8, 4) is 11.3 Å². The Hall–Kier alpha value is -2.06. The molecule has 2 heterocycles. The number of thiazole rings is 1. The van der Waals surface area contributed by atoms with Crippen LogP contribution in [-0.2, 0) is 4.79 Å². The van der Waals surface area contributed by atoms with Gasteiger partial charge >= 0.3 is 0 Å². The zero-order valence-electron chi connectivity index (χ0n) is 14.9. The number of nitrogens with zero attached hydrogens (tertiary/aromatic N) is 3. The molecule has 0 aliphatic heterocycles. The van der Waals surface area contributed by atoms with Crippen LogP contribution in [0.2, 0.25) is 0 Å². The standard InChI is InChI=1S/C19H19FN4OS2/c1-11-21-17-18(27-11)16(12-6-8-13(20)9-7-12)23-24-19(17)26-10-15(25)22-14-4-2-3-5-14/h6-9,14H,2-5,10H2,1H3,(H,22,25). The highest BCUT2D eigenvalue weighted by Crippen LogP contribution is 2.35. The van der Waals surface area contributed by atoms with Crippen LogP contribution >= 0.6 is 23.1 Å². The molecule has 2 aromatic heterocycles. The van der Waals surface area contributed by atoms with E-state index in [1.54, 1.807) is 12.1 Å². The van der Waals surface area contributed by atoms with E-state index in [9.17, 15) is 9.18 Å². The highest BCUT2D eigenvalue weighted by molar-refractivity contribution is 8.00. The summed E-state index contributed by atoms with van der Waals surface area (Å²) in [7, 11) is 0. The molecule has 5 nitrogen and oxygen atoms in total. The molecule has 3 aromatic rings. The van der Waals surface area contributed by atoms with E-state index in [4.69, 9.17) is 0 Å². The average Bonchev–Trinajstić information content (AvgIpc) is 3.29. The molecule has 8 heteroatoms. The first-order valence-corrected chi connectivity index (χ1v) is 10.7. The van der Waals surface area contributed by atoms with E-state index in [2.05, 4.69) is 20.5 Å². The summed E-state index contributed by atoms with van der Waals surface area (Å²) in [4.78, 5) is 16.8. The average molecular weight is 403 g/mol. The van der Waals surface area contributed by atoms with Gasteiger partial charge in [-0.05, 0) is 44.0 Å². The van der Waals surface area contributed by atoms with E-state index in [1.807, 2.05) is 6.92 Å². The lowest BCUT2D eigenvalue weighted by Gasteiger charge is -2.11. The van der Waals surface area contributed by atoms with E-state index in [1.165, 1.54) is 48.1 Å². The third-order valence-corrected chi connectivity index (χ3v) is 6.50. The van der Waals surface area contributed by atoms with Gasteiger partial charge in [0.2, 0.25) is 5.91 Å². The van der Waals surface area contributed by atoms with Gasteiger partial charge in [0.1, 0.15) is 22.1 Å². The Labute approximate surface area is 164 Å². The normalized spacial score (nSPS) is 14.7. The first kappa shape index (κ1) is 18.3. The summed E-state index contributed by atoms with van der Waals surface area (Å²) in [6, 6.07) is 6.51. The Morgan fingerprint density at radius 3 is 2.74 bits per heavy atom. The number of nitrogens with one attached hydrogen (secondary N) is 1. The summed E-state index contributed by atoms with van der Waals surface area (Å²) in [5, 5.41) is 13.3. The maximum absolute atomic E-state index is 13.2. The van der Waals surface area contributed by atoms with Crippen LogP contribution in [0.4, 0.5) is 4.39 Å². The lowest BCUT2D eigenvalue weighted by atomic mass is 10.1. The highest BCUT2D eigenvalue weighted by Gasteiger charge is 2.19. The number of carbonyl (C=O) groups excluding carboxylic acids is 1. The number of rotatable bonds is 5. The Kier molecular flexibility index (Phi) is 5.36. The van der Waals surface area contributed by atoms with Crippen molar-refractivity contribution in [1.82, 2.24) is 20.5 Å². The van der Waals surface area contributed by atoms with Gasteiger partial charge in [0.15, 0.2) is 0 Å². The number of fused-ring (bicyclic) bond motifs is 1. The molecule has 0 radical (unpaired) electrons. The molecule has 0 saturated heterocycles.